The highest BCUT2D eigenvalue weighted by Gasteiger charge is 2.15. The SMILES string of the molecule is COc1ccc(NC(=S)Nc2ccc(F)c([N+](=O)[O-])c2)c(OC)c1. The Balaban J connectivity index is 2.14. The van der Waals surface area contributed by atoms with Crippen LogP contribution in [0.5, 0.6) is 11.5 Å². The van der Waals surface area contributed by atoms with Crippen LogP contribution >= 0.6 is 12.2 Å². The largest absolute Gasteiger partial charge is 0.497 e. The molecule has 0 aliphatic rings. The van der Waals surface area contributed by atoms with Crippen molar-refractivity contribution in [3.8, 4) is 11.5 Å². The van der Waals surface area contributed by atoms with E-state index in [1.54, 1.807) is 18.2 Å². The van der Waals surface area contributed by atoms with Crippen molar-refractivity contribution in [1.29, 1.82) is 0 Å². The molecule has 0 aliphatic heterocycles. The minimum atomic E-state index is -0.916. The zero-order valence-electron chi connectivity index (χ0n) is 12.8. The zero-order chi connectivity index (χ0) is 17.7. The third kappa shape index (κ3) is 4.07. The lowest BCUT2D eigenvalue weighted by atomic mass is 10.2. The Labute approximate surface area is 142 Å². The first-order valence-corrected chi connectivity index (χ1v) is 7.09. The summed E-state index contributed by atoms with van der Waals surface area (Å²) in [6.07, 6.45) is 0. The molecule has 0 aliphatic carbocycles. The second-order valence-corrected chi connectivity index (χ2v) is 4.98. The third-order valence-electron chi connectivity index (χ3n) is 3.06. The van der Waals surface area contributed by atoms with Crippen LogP contribution < -0.4 is 20.1 Å². The summed E-state index contributed by atoms with van der Waals surface area (Å²) >= 11 is 5.16. The average Bonchev–Trinajstić information content (AvgIpc) is 2.56. The van der Waals surface area contributed by atoms with Crippen LogP contribution in [0.25, 0.3) is 0 Å². The maximum Gasteiger partial charge on any atom is 0.306 e. The van der Waals surface area contributed by atoms with Gasteiger partial charge in [0.15, 0.2) is 5.11 Å². The quantitative estimate of drug-likeness (QED) is 0.484. The van der Waals surface area contributed by atoms with E-state index in [1.165, 1.54) is 20.3 Å². The topological polar surface area (TPSA) is 85.7 Å². The van der Waals surface area contributed by atoms with Crippen LogP contribution in [0, 0.1) is 15.9 Å². The van der Waals surface area contributed by atoms with Gasteiger partial charge in [-0.05, 0) is 36.5 Å². The van der Waals surface area contributed by atoms with Crippen LogP contribution in [0.15, 0.2) is 36.4 Å². The second-order valence-electron chi connectivity index (χ2n) is 4.57. The fourth-order valence-corrected chi connectivity index (χ4v) is 2.14. The Bertz CT molecular complexity index is 785. The predicted octanol–water partition coefficient (Wildman–Crippen LogP) is 3.56. The van der Waals surface area contributed by atoms with Gasteiger partial charge in [-0.15, -0.1) is 0 Å². The van der Waals surface area contributed by atoms with Crippen LogP contribution in [0.4, 0.5) is 21.5 Å². The lowest BCUT2D eigenvalue weighted by molar-refractivity contribution is -0.387. The van der Waals surface area contributed by atoms with Crippen LogP contribution in [0.2, 0.25) is 0 Å². The van der Waals surface area contributed by atoms with E-state index in [0.717, 1.165) is 12.1 Å². The summed E-state index contributed by atoms with van der Waals surface area (Å²) in [7, 11) is 3.04. The van der Waals surface area contributed by atoms with Gasteiger partial charge < -0.3 is 20.1 Å². The Kier molecular flexibility index (Phi) is 5.48. The Hall–Kier alpha value is -2.94. The van der Waals surface area contributed by atoms with E-state index in [1.807, 2.05) is 0 Å². The first-order valence-electron chi connectivity index (χ1n) is 6.68. The van der Waals surface area contributed by atoms with Gasteiger partial charge in [-0.2, -0.15) is 4.39 Å². The molecule has 2 N–H and O–H groups in total. The number of benzene rings is 2. The smallest absolute Gasteiger partial charge is 0.306 e. The van der Waals surface area contributed by atoms with E-state index >= 15 is 0 Å². The molecule has 0 unspecified atom stereocenters. The molecule has 0 saturated heterocycles. The van der Waals surface area contributed by atoms with Crippen molar-refractivity contribution in [2.24, 2.45) is 0 Å². The summed E-state index contributed by atoms with van der Waals surface area (Å²) in [6, 6.07) is 8.51. The van der Waals surface area contributed by atoms with Gasteiger partial charge in [-0.1, -0.05) is 0 Å². The summed E-state index contributed by atoms with van der Waals surface area (Å²) < 4.78 is 23.7. The molecule has 0 aromatic heterocycles. The first kappa shape index (κ1) is 17.4. The van der Waals surface area contributed by atoms with Crippen LogP contribution in [0.1, 0.15) is 0 Å². The Morgan fingerprint density at radius 2 is 1.92 bits per heavy atom. The number of halogens is 1. The fourth-order valence-electron chi connectivity index (χ4n) is 1.92. The van der Waals surface area contributed by atoms with Gasteiger partial charge in [0.1, 0.15) is 11.5 Å². The van der Waals surface area contributed by atoms with Gasteiger partial charge in [0, 0.05) is 17.8 Å². The van der Waals surface area contributed by atoms with Crippen molar-refractivity contribution in [1.82, 2.24) is 0 Å². The third-order valence-corrected chi connectivity index (χ3v) is 3.26. The molecule has 2 aromatic carbocycles. The molecule has 0 heterocycles. The number of anilines is 2. The first-order chi connectivity index (χ1) is 11.4. The molecular formula is C15H14FN3O4S. The Morgan fingerprint density at radius 3 is 2.54 bits per heavy atom. The second kappa shape index (κ2) is 7.55. The molecule has 0 amide bonds. The molecule has 2 aromatic rings. The molecule has 0 spiro atoms. The molecule has 126 valence electrons. The van der Waals surface area contributed by atoms with Gasteiger partial charge in [0.25, 0.3) is 0 Å². The van der Waals surface area contributed by atoms with Crippen LogP contribution in [-0.2, 0) is 0 Å². The van der Waals surface area contributed by atoms with Gasteiger partial charge in [0.05, 0.1) is 24.8 Å². The zero-order valence-corrected chi connectivity index (χ0v) is 13.6. The summed E-state index contributed by atoms with van der Waals surface area (Å²) in [5.41, 5.74) is 0.227. The monoisotopic (exact) mass is 351 g/mol. The summed E-state index contributed by atoms with van der Waals surface area (Å²) in [5, 5.41) is 16.6. The van der Waals surface area contributed by atoms with Gasteiger partial charge in [0.2, 0.25) is 5.82 Å². The molecule has 0 bridgehead atoms. The van der Waals surface area contributed by atoms with Crippen LogP contribution in [-0.4, -0.2) is 24.3 Å². The number of hydrogen-bond acceptors (Lipinski definition) is 5. The van der Waals surface area contributed by atoms with Crippen LogP contribution in [0.3, 0.4) is 0 Å². The van der Waals surface area contributed by atoms with Crippen molar-refractivity contribution in [2.45, 2.75) is 0 Å². The number of rotatable bonds is 5. The van der Waals surface area contributed by atoms with Crippen molar-refractivity contribution >= 4 is 34.4 Å². The molecule has 0 atom stereocenters. The summed E-state index contributed by atoms with van der Waals surface area (Å²) in [5.74, 6) is 0.204. The lowest BCUT2D eigenvalue weighted by Gasteiger charge is -2.14. The minimum absolute atomic E-state index is 0.166. The normalized spacial score (nSPS) is 9.96. The van der Waals surface area contributed by atoms with E-state index in [-0.39, 0.29) is 10.8 Å². The average molecular weight is 351 g/mol. The van der Waals surface area contributed by atoms with Crippen molar-refractivity contribution in [3.63, 3.8) is 0 Å². The summed E-state index contributed by atoms with van der Waals surface area (Å²) in [4.78, 5) is 9.95. The number of ether oxygens (including phenoxy) is 2. The predicted molar refractivity (Wildman–Crippen MR) is 92.4 cm³/mol. The number of nitro benzene ring substituents is 1. The standard InChI is InChI=1S/C15H14FN3O4S/c1-22-10-4-6-12(14(8-10)23-2)18-15(24)17-9-3-5-11(16)13(7-9)19(20)21/h3-8H,1-2H3,(H2,17,18,24). The number of thiocarbonyl (C=S) groups is 1. The maximum atomic E-state index is 13.3. The number of hydrogen-bond donors (Lipinski definition) is 2. The molecule has 0 saturated carbocycles. The van der Waals surface area contributed by atoms with Crippen molar-refractivity contribution in [3.05, 3.63) is 52.3 Å². The highest BCUT2D eigenvalue weighted by atomic mass is 32.1. The molecule has 7 nitrogen and oxygen atoms in total. The molecule has 24 heavy (non-hydrogen) atoms. The van der Waals surface area contributed by atoms with Gasteiger partial charge in [-0.3, -0.25) is 10.1 Å². The number of nitro groups is 1. The molecule has 0 radical (unpaired) electrons. The summed E-state index contributed by atoms with van der Waals surface area (Å²) in [6.45, 7) is 0. The van der Waals surface area contributed by atoms with E-state index in [4.69, 9.17) is 21.7 Å². The molecule has 9 heteroatoms. The number of nitrogens with zero attached hydrogens (tertiary/aromatic N) is 1. The van der Waals surface area contributed by atoms with E-state index < -0.39 is 16.4 Å². The molecule has 0 fully saturated rings. The lowest BCUT2D eigenvalue weighted by Crippen LogP contribution is -2.19. The van der Waals surface area contributed by atoms with Gasteiger partial charge in [-0.25, -0.2) is 0 Å². The van der Waals surface area contributed by atoms with Gasteiger partial charge >= 0.3 is 5.69 Å². The van der Waals surface area contributed by atoms with Crippen molar-refractivity contribution < 1.29 is 18.8 Å². The van der Waals surface area contributed by atoms with E-state index in [0.29, 0.717) is 17.2 Å². The highest BCUT2D eigenvalue weighted by molar-refractivity contribution is 7.80. The number of nitrogens with one attached hydrogen (secondary N) is 2. The minimum Gasteiger partial charge on any atom is -0.497 e. The highest BCUT2D eigenvalue weighted by Crippen LogP contribution is 2.29. The van der Waals surface area contributed by atoms with E-state index in [2.05, 4.69) is 10.6 Å². The fraction of sp³-hybridized carbons (Fsp3) is 0.133. The molecule has 2 rings (SSSR count). The number of methoxy groups -OCH3 is 2. The maximum absolute atomic E-state index is 13.3. The Morgan fingerprint density at radius 1 is 1.17 bits per heavy atom. The van der Waals surface area contributed by atoms with Crippen molar-refractivity contribution in [2.75, 3.05) is 24.9 Å². The molecular weight excluding hydrogens is 337 g/mol. The van der Waals surface area contributed by atoms with E-state index in [9.17, 15) is 14.5 Å².